The molecule has 1 heterocycles. The monoisotopic (exact) mass is 380 g/mol. The Morgan fingerprint density at radius 1 is 1.14 bits per heavy atom. The van der Waals surface area contributed by atoms with Crippen molar-refractivity contribution in [1.82, 2.24) is 15.5 Å². The van der Waals surface area contributed by atoms with Crippen LogP contribution in [0.15, 0.2) is 59.1 Å². The second-order valence-corrected chi connectivity index (χ2v) is 6.35. The lowest BCUT2D eigenvalue weighted by Crippen LogP contribution is -2.33. The number of hydrogen-bond donors (Lipinski definition) is 1. The lowest BCUT2D eigenvalue weighted by atomic mass is 10.2. The highest BCUT2D eigenvalue weighted by Gasteiger charge is 2.11. The minimum absolute atomic E-state index is 0.0364. The summed E-state index contributed by atoms with van der Waals surface area (Å²) in [4.78, 5) is 18.5. The molecule has 28 heavy (non-hydrogen) atoms. The van der Waals surface area contributed by atoms with Crippen LogP contribution >= 0.6 is 0 Å². The first kappa shape index (κ1) is 19.4. The summed E-state index contributed by atoms with van der Waals surface area (Å²) >= 11 is 0. The molecule has 0 radical (unpaired) electrons. The summed E-state index contributed by atoms with van der Waals surface area (Å²) < 4.78 is 10.4. The summed E-state index contributed by atoms with van der Waals surface area (Å²) in [5.41, 5.74) is 1.96. The molecule has 1 amide bonds. The van der Waals surface area contributed by atoms with Crippen molar-refractivity contribution in [2.24, 2.45) is 0 Å². The fraction of sp³-hybridized carbons (Fsp3) is 0.286. The van der Waals surface area contributed by atoms with Gasteiger partial charge in [0.05, 0.1) is 7.11 Å². The van der Waals surface area contributed by atoms with Crippen LogP contribution in [0.5, 0.6) is 5.75 Å². The van der Waals surface area contributed by atoms with E-state index in [1.54, 1.807) is 7.11 Å². The molecule has 3 aromatic rings. The fourth-order valence-corrected chi connectivity index (χ4v) is 2.70. The molecular formula is C21H24N4O3. The molecule has 0 unspecified atom stereocenters. The van der Waals surface area contributed by atoms with Gasteiger partial charge in [0.1, 0.15) is 5.75 Å². The maximum Gasteiger partial charge on any atom is 0.227 e. The number of rotatable bonds is 9. The smallest absolute Gasteiger partial charge is 0.227 e. The highest BCUT2D eigenvalue weighted by molar-refractivity contribution is 5.76. The summed E-state index contributed by atoms with van der Waals surface area (Å²) in [5, 5.41) is 6.89. The van der Waals surface area contributed by atoms with E-state index >= 15 is 0 Å². The first-order valence-corrected chi connectivity index (χ1v) is 9.15. The van der Waals surface area contributed by atoms with Gasteiger partial charge in [0.25, 0.3) is 0 Å². The van der Waals surface area contributed by atoms with Crippen LogP contribution < -0.4 is 15.0 Å². The summed E-state index contributed by atoms with van der Waals surface area (Å²) in [6.07, 6.45) is 0.711. The van der Waals surface area contributed by atoms with Crippen molar-refractivity contribution in [1.29, 1.82) is 0 Å². The van der Waals surface area contributed by atoms with Gasteiger partial charge in [0.2, 0.25) is 17.6 Å². The third-order valence-corrected chi connectivity index (χ3v) is 4.35. The van der Waals surface area contributed by atoms with E-state index in [1.165, 1.54) is 0 Å². The number of aryl methyl sites for hydroxylation is 1. The number of ether oxygens (including phenoxy) is 1. The Hall–Kier alpha value is -3.35. The molecule has 1 N–H and O–H groups in total. The second-order valence-electron chi connectivity index (χ2n) is 6.35. The third-order valence-electron chi connectivity index (χ3n) is 4.35. The number of likely N-dealkylation sites (N-methyl/N-ethyl adjacent to an activating group) is 1. The van der Waals surface area contributed by atoms with E-state index in [0.29, 0.717) is 31.1 Å². The number of aromatic nitrogens is 2. The van der Waals surface area contributed by atoms with Crippen LogP contribution in [0.3, 0.4) is 0 Å². The molecule has 7 heteroatoms. The van der Waals surface area contributed by atoms with E-state index < -0.39 is 0 Å². The number of benzene rings is 2. The SMILES string of the molecule is COc1ccc(-c2noc(CCC(=O)NCCN(C)c3ccccc3)n2)cc1. The van der Waals surface area contributed by atoms with Crippen molar-refractivity contribution in [2.75, 3.05) is 32.1 Å². The van der Waals surface area contributed by atoms with Gasteiger partial charge in [-0.2, -0.15) is 4.98 Å². The molecule has 0 aliphatic heterocycles. The first-order valence-electron chi connectivity index (χ1n) is 9.15. The van der Waals surface area contributed by atoms with Gasteiger partial charge >= 0.3 is 0 Å². The zero-order valence-electron chi connectivity index (χ0n) is 16.1. The van der Waals surface area contributed by atoms with Gasteiger partial charge in [-0.15, -0.1) is 0 Å². The minimum Gasteiger partial charge on any atom is -0.497 e. The van der Waals surface area contributed by atoms with Gasteiger partial charge in [-0.1, -0.05) is 23.4 Å². The first-order chi connectivity index (χ1) is 13.7. The van der Waals surface area contributed by atoms with Crippen molar-refractivity contribution in [3.05, 3.63) is 60.5 Å². The summed E-state index contributed by atoms with van der Waals surface area (Å²) in [5.74, 6) is 1.68. The number of amides is 1. The van der Waals surface area contributed by atoms with E-state index in [2.05, 4.69) is 20.4 Å². The molecule has 3 rings (SSSR count). The van der Waals surface area contributed by atoms with Gasteiger partial charge in [-0.3, -0.25) is 4.79 Å². The molecule has 2 aromatic carbocycles. The Labute approximate surface area is 164 Å². The number of carbonyl (C=O) groups is 1. The van der Waals surface area contributed by atoms with Crippen LogP contribution in [0.25, 0.3) is 11.4 Å². The molecule has 0 bridgehead atoms. The van der Waals surface area contributed by atoms with Crippen LogP contribution in [0.2, 0.25) is 0 Å². The summed E-state index contributed by atoms with van der Waals surface area (Å²) in [6.45, 7) is 1.31. The van der Waals surface area contributed by atoms with Gasteiger partial charge in [-0.05, 0) is 36.4 Å². The third kappa shape index (κ3) is 5.33. The molecule has 0 atom stereocenters. The van der Waals surface area contributed by atoms with Gasteiger partial charge < -0.3 is 19.5 Å². The quantitative estimate of drug-likeness (QED) is 0.615. The van der Waals surface area contributed by atoms with Crippen LogP contribution in [0.1, 0.15) is 12.3 Å². The maximum absolute atomic E-state index is 12.0. The Bertz CT molecular complexity index is 878. The normalized spacial score (nSPS) is 10.5. The molecular weight excluding hydrogens is 356 g/mol. The number of nitrogens with zero attached hydrogens (tertiary/aromatic N) is 3. The van der Waals surface area contributed by atoms with Crippen LogP contribution in [0.4, 0.5) is 5.69 Å². The number of anilines is 1. The predicted octanol–water partition coefficient (Wildman–Crippen LogP) is 2.93. The van der Waals surface area contributed by atoms with E-state index in [1.807, 2.05) is 61.6 Å². The number of methoxy groups -OCH3 is 1. The van der Waals surface area contributed by atoms with Crippen molar-refractivity contribution < 1.29 is 14.1 Å². The summed E-state index contributed by atoms with van der Waals surface area (Å²) in [6, 6.07) is 17.5. The maximum atomic E-state index is 12.0. The summed E-state index contributed by atoms with van der Waals surface area (Å²) in [7, 11) is 3.62. The highest BCUT2D eigenvalue weighted by Crippen LogP contribution is 2.20. The van der Waals surface area contributed by atoms with Gasteiger partial charge in [0.15, 0.2) is 0 Å². The standard InChI is InChI=1S/C21H24N4O3/c1-25(17-6-4-3-5-7-17)15-14-22-19(26)12-13-20-23-21(24-28-20)16-8-10-18(27-2)11-9-16/h3-11H,12-15H2,1-2H3,(H,22,26). The minimum atomic E-state index is -0.0364. The molecule has 1 aromatic heterocycles. The molecule has 0 aliphatic carbocycles. The van der Waals surface area contributed by atoms with Gasteiger partial charge in [0, 0.05) is 44.2 Å². The van der Waals surface area contributed by atoms with Crippen molar-refractivity contribution >= 4 is 11.6 Å². The lowest BCUT2D eigenvalue weighted by Gasteiger charge is -2.19. The van der Waals surface area contributed by atoms with Crippen LogP contribution in [-0.4, -0.2) is 43.3 Å². The molecule has 0 saturated carbocycles. The molecule has 0 spiro atoms. The fourth-order valence-electron chi connectivity index (χ4n) is 2.70. The Morgan fingerprint density at radius 3 is 2.61 bits per heavy atom. The predicted molar refractivity (Wildman–Crippen MR) is 107 cm³/mol. The Morgan fingerprint density at radius 2 is 1.89 bits per heavy atom. The molecule has 0 saturated heterocycles. The number of hydrogen-bond acceptors (Lipinski definition) is 6. The van der Waals surface area contributed by atoms with E-state index in [-0.39, 0.29) is 5.91 Å². The average Bonchev–Trinajstić information content (AvgIpc) is 3.22. The lowest BCUT2D eigenvalue weighted by molar-refractivity contribution is -0.121. The van der Waals surface area contributed by atoms with E-state index in [4.69, 9.17) is 9.26 Å². The zero-order chi connectivity index (χ0) is 19.8. The number of nitrogens with one attached hydrogen (secondary N) is 1. The van der Waals surface area contributed by atoms with Crippen LogP contribution in [0, 0.1) is 0 Å². The largest absolute Gasteiger partial charge is 0.497 e. The van der Waals surface area contributed by atoms with E-state index in [0.717, 1.165) is 23.5 Å². The number of para-hydroxylation sites is 1. The molecule has 146 valence electrons. The van der Waals surface area contributed by atoms with Crippen molar-refractivity contribution in [3.63, 3.8) is 0 Å². The molecule has 0 aliphatic rings. The Kier molecular flexibility index (Phi) is 6.62. The molecule has 7 nitrogen and oxygen atoms in total. The topological polar surface area (TPSA) is 80.5 Å². The highest BCUT2D eigenvalue weighted by atomic mass is 16.5. The average molecular weight is 380 g/mol. The van der Waals surface area contributed by atoms with E-state index in [9.17, 15) is 4.79 Å². The van der Waals surface area contributed by atoms with Crippen molar-refractivity contribution in [3.8, 4) is 17.1 Å². The van der Waals surface area contributed by atoms with Gasteiger partial charge in [-0.25, -0.2) is 0 Å². The van der Waals surface area contributed by atoms with Crippen molar-refractivity contribution in [2.45, 2.75) is 12.8 Å². The van der Waals surface area contributed by atoms with Crippen LogP contribution in [-0.2, 0) is 11.2 Å². The zero-order valence-corrected chi connectivity index (χ0v) is 16.1. The Balaban J connectivity index is 1.41. The molecule has 0 fully saturated rings. The number of carbonyl (C=O) groups excluding carboxylic acids is 1. The second kappa shape index (κ2) is 9.55.